The van der Waals surface area contributed by atoms with E-state index in [0.717, 1.165) is 0 Å². The lowest BCUT2D eigenvalue weighted by atomic mass is 10.1. The molecule has 9 heteroatoms. The first-order valence-corrected chi connectivity index (χ1v) is 11.1. The van der Waals surface area contributed by atoms with Crippen LogP contribution in [0, 0.1) is 5.92 Å². The second kappa shape index (κ2) is 9.38. The number of fused-ring (bicyclic) bond motifs is 1. The molecule has 3 aromatic carbocycles. The summed E-state index contributed by atoms with van der Waals surface area (Å²) in [4.78, 5) is 40.2. The zero-order valence-corrected chi connectivity index (χ0v) is 18.9. The lowest BCUT2D eigenvalue weighted by Crippen LogP contribution is -2.28. The minimum absolute atomic E-state index is 0.0780. The molecule has 0 aliphatic carbocycles. The highest BCUT2D eigenvalue weighted by Gasteiger charge is 2.35. The molecule has 178 valence electrons. The maximum absolute atomic E-state index is 13.0. The predicted molar refractivity (Wildman–Crippen MR) is 129 cm³/mol. The molecule has 0 spiro atoms. The van der Waals surface area contributed by atoms with E-state index in [-0.39, 0.29) is 37.5 Å². The predicted octanol–water partition coefficient (Wildman–Crippen LogP) is 3.67. The van der Waals surface area contributed by atoms with Crippen LogP contribution in [0.2, 0.25) is 0 Å². The lowest BCUT2D eigenvalue weighted by Gasteiger charge is -2.18. The summed E-state index contributed by atoms with van der Waals surface area (Å²) in [6, 6.07) is 19.0. The average molecular weight is 473 g/mol. The van der Waals surface area contributed by atoms with Gasteiger partial charge in [0, 0.05) is 36.5 Å². The number of amides is 3. The van der Waals surface area contributed by atoms with E-state index in [1.807, 2.05) is 0 Å². The average Bonchev–Trinajstić information content (AvgIpc) is 3.50. The molecule has 0 saturated carbocycles. The number of hydrogen-bond acceptors (Lipinski definition) is 6. The molecule has 0 aromatic heterocycles. The van der Waals surface area contributed by atoms with Gasteiger partial charge in [-0.1, -0.05) is 18.2 Å². The van der Waals surface area contributed by atoms with Crippen LogP contribution < -0.4 is 29.7 Å². The fraction of sp³-hybridized carbons (Fsp3) is 0.192. The van der Waals surface area contributed by atoms with E-state index >= 15 is 0 Å². The van der Waals surface area contributed by atoms with E-state index in [2.05, 4.69) is 10.6 Å². The monoisotopic (exact) mass is 473 g/mol. The minimum Gasteiger partial charge on any atom is -0.497 e. The second-order valence-corrected chi connectivity index (χ2v) is 8.16. The van der Waals surface area contributed by atoms with Crippen LogP contribution in [0.25, 0.3) is 0 Å². The Kier molecular flexibility index (Phi) is 5.97. The topological polar surface area (TPSA) is 106 Å². The Morgan fingerprint density at radius 1 is 0.971 bits per heavy atom. The molecule has 0 radical (unpaired) electrons. The number of nitrogens with zero attached hydrogens (tertiary/aromatic N) is 1. The third kappa shape index (κ3) is 4.61. The number of benzene rings is 3. The molecule has 9 nitrogen and oxygen atoms in total. The number of para-hydroxylation sites is 1. The quantitative estimate of drug-likeness (QED) is 0.566. The maximum Gasteiger partial charge on any atom is 0.257 e. The first-order valence-electron chi connectivity index (χ1n) is 11.1. The van der Waals surface area contributed by atoms with Gasteiger partial charge in [-0.3, -0.25) is 14.4 Å². The molecule has 3 aromatic rings. The van der Waals surface area contributed by atoms with Gasteiger partial charge in [-0.2, -0.15) is 0 Å². The number of rotatable bonds is 6. The van der Waals surface area contributed by atoms with Gasteiger partial charge in [0.25, 0.3) is 5.91 Å². The second-order valence-electron chi connectivity index (χ2n) is 8.16. The van der Waals surface area contributed by atoms with Crippen LogP contribution in [0.3, 0.4) is 0 Å². The molecular formula is C26H23N3O6. The Labute approximate surface area is 201 Å². The molecule has 0 bridgehead atoms. The van der Waals surface area contributed by atoms with Crippen molar-refractivity contribution in [1.82, 2.24) is 0 Å². The van der Waals surface area contributed by atoms with Crippen molar-refractivity contribution in [3.63, 3.8) is 0 Å². The molecule has 1 saturated heterocycles. The van der Waals surface area contributed by atoms with Gasteiger partial charge in [-0.25, -0.2) is 0 Å². The van der Waals surface area contributed by atoms with Crippen LogP contribution in [-0.2, 0) is 9.59 Å². The highest BCUT2D eigenvalue weighted by molar-refractivity contribution is 6.11. The van der Waals surface area contributed by atoms with Crippen molar-refractivity contribution in [3.8, 4) is 17.2 Å². The van der Waals surface area contributed by atoms with Gasteiger partial charge >= 0.3 is 0 Å². The zero-order valence-electron chi connectivity index (χ0n) is 18.9. The molecule has 2 heterocycles. The Morgan fingerprint density at radius 3 is 2.66 bits per heavy atom. The van der Waals surface area contributed by atoms with Gasteiger partial charge in [-0.15, -0.1) is 0 Å². The van der Waals surface area contributed by atoms with Crippen LogP contribution in [-0.4, -0.2) is 38.2 Å². The first kappa shape index (κ1) is 22.3. The van der Waals surface area contributed by atoms with E-state index in [4.69, 9.17) is 14.2 Å². The van der Waals surface area contributed by atoms with Crippen molar-refractivity contribution < 1.29 is 28.6 Å². The lowest BCUT2D eigenvalue weighted by molar-refractivity contribution is -0.122. The van der Waals surface area contributed by atoms with Gasteiger partial charge in [0.1, 0.15) is 5.75 Å². The van der Waals surface area contributed by atoms with Gasteiger partial charge in [-0.05, 0) is 36.4 Å². The number of anilines is 3. The molecule has 1 unspecified atom stereocenters. The number of methoxy groups -OCH3 is 1. The van der Waals surface area contributed by atoms with Gasteiger partial charge in [0.05, 0.1) is 24.3 Å². The number of nitrogens with one attached hydrogen (secondary N) is 2. The van der Waals surface area contributed by atoms with E-state index in [1.54, 1.807) is 78.7 Å². The smallest absolute Gasteiger partial charge is 0.257 e. The van der Waals surface area contributed by atoms with Crippen molar-refractivity contribution in [2.75, 3.05) is 36.0 Å². The molecule has 2 aliphatic rings. The van der Waals surface area contributed by atoms with Gasteiger partial charge in [0.15, 0.2) is 11.5 Å². The molecule has 3 amide bonds. The number of hydrogen-bond donors (Lipinski definition) is 2. The molecule has 2 N–H and O–H groups in total. The van der Waals surface area contributed by atoms with Gasteiger partial charge in [0.2, 0.25) is 18.6 Å². The molecule has 1 fully saturated rings. The molecular weight excluding hydrogens is 450 g/mol. The van der Waals surface area contributed by atoms with Crippen LogP contribution in [0.4, 0.5) is 17.1 Å². The third-order valence-corrected chi connectivity index (χ3v) is 5.92. The highest BCUT2D eigenvalue weighted by atomic mass is 16.7. The summed E-state index contributed by atoms with van der Waals surface area (Å²) in [5.41, 5.74) is 1.87. The summed E-state index contributed by atoms with van der Waals surface area (Å²) in [6.07, 6.45) is 0.0780. The SMILES string of the molecule is COc1cccc(N2CC(C(=O)Nc3ccccc3C(=O)Nc3ccc4c(c3)OCO4)CC2=O)c1. The minimum atomic E-state index is -0.557. The van der Waals surface area contributed by atoms with Crippen LogP contribution >= 0.6 is 0 Å². The summed E-state index contributed by atoms with van der Waals surface area (Å²) in [7, 11) is 1.56. The number of carbonyl (C=O) groups excluding carboxylic acids is 3. The van der Waals surface area contributed by atoms with Crippen molar-refractivity contribution in [2.24, 2.45) is 5.92 Å². The fourth-order valence-corrected chi connectivity index (χ4v) is 4.11. The largest absolute Gasteiger partial charge is 0.497 e. The van der Waals surface area contributed by atoms with E-state index in [0.29, 0.717) is 39.9 Å². The normalized spacial score (nSPS) is 16.2. The summed E-state index contributed by atoms with van der Waals surface area (Å²) < 4.78 is 15.9. The fourth-order valence-electron chi connectivity index (χ4n) is 4.11. The van der Waals surface area contributed by atoms with E-state index in [9.17, 15) is 14.4 Å². The Balaban J connectivity index is 1.28. The van der Waals surface area contributed by atoms with Crippen molar-refractivity contribution in [1.29, 1.82) is 0 Å². The van der Waals surface area contributed by atoms with E-state index < -0.39 is 5.92 Å². The zero-order chi connectivity index (χ0) is 24.4. The molecule has 5 rings (SSSR count). The number of carbonyl (C=O) groups is 3. The Morgan fingerprint density at radius 2 is 1.80 bits per heavy atom. The van der Waals surface area contributed by atoms with Gasteiger partial charge < -0.3 is 29.7 Å². The highest BCUT2D eigenvalue weighted by Crippen LogP contribution is 2.34. The van der Waals surface area contributed by atoms with Crippen molar-refractivity contribution in [2.45, 2.75) is 6.42 Å². The molecule has 1 atom stereocenters. The third-order valence-electron chi connectivity index (χ3n) is 5.92. The first-order chi connectivity index (χ1) is 17.0. The summed E-state index contributed by atoms with van der Waals surface area (Å²) in [5.74, 6) is 0.379. The molecule has 2 aliphatic heterocycles. The Bertz CT molecular complexity index is 1310. The van der Waals surface area contributed by atoms with Crippen molar-refractivity contribution in [3.05, 3.63) is 72.3 Å². The van der Waals surface area contributed by atoms with Crippen LogP contribution in [0.1, 0.15) is 16.8 Å². The molecule has 35 heavy (non-hydrogen) atoms. The van der Waals surface area contributed by atoms with E-state index in [1.165, 1.54) is 0 Å². The van der Waals surface area contributed by atoms with Crippen LogP contribution in [0.5, 0.6) is 17.2 Å². The van der Waals surface area contributed by atoms with Crippen LogP contribution in [0.15, 0.2) is 66.7 Å². The summed E-state index contributed by atoms with van der Waals surface area (Å²) in [5, 5.41) is 5.65. The summed E-state index contributed by atoms with van der Waals surface area (Å²) >= 11 is 0. The standard InChI is InChI=1S/C26H23N3O6/c1-33-19-6-4-5-18(13-19)29-14-16(11-24(29)30)25(31)28-21-8-3-2-7-20(21)26(32)27-17-9-10-22-23(12-17)35-15-34-22/h2-10,12-13,16H,11,14-15H2,1H3,(H,27,32)(H,28,31). The number of ether oxygens (including phenoxy) is 3. The Hall–Kier alpha value is -4.53. The van der Waals surface area contributed by atoms with Crippen molar-refractivity contribution >= 4 is 34.8 Å². The maximum atomic E-state index is 13.0. The summed E-state index contributed by atoms with van der Waals surface area (Å²) in [6.45, 7) is 0.379.